The van der Waals surface area contributed by atoms with E-state index in [9.17, 15) is 4.79 Å². The van der Waals surface area contributed by atoms with E-state index in [1.54, 1.807) is 18.2 Å². The first-order chi connectivity index (χ1) is 11.6. The first kappa shape index (κ1) is 17.2. The van der Waals surface area contributed by atoms with E-state index in [2.05, 4.69) is 26.2 Å². The van der Waals surface area contributed by atoms with E-state index < -0.39 is 0 Å². The number of nitrogens with one attached hydrogen (secondary N) is 1. The van der Waals surface area contributed by atoms with Crippen LogP contribution in [0.4, 0.5) is 5.13 Å². The summed E-state index contributed by atoms with van der Waals surface area (Å²) in [5.41, 5.74) is 1.27. The molecule has 3 rings (SSSR count). The number of ether oxygens (including phenoxy) is 1. The summed E-state index contributed by atoms with van der Waals surface area (Å²) in [7, 11) is 0. The zero-order valence-corrected chi connectivity index (χ0v) is 16.0. The first-order valence-electron chi connectivity index (χ1n) is 7.36. The summed E-state index contributed by atoms with van der Waals surface area (Å²) in [6.45, 7) is 2.58. The van der Waals surface area contributed by atoms with Crippen LogP contribution in [0.15, 0.2) is 40.9 Å². The van der Waals surface area contributed by atoms with Crippen LogP contribution in [0.5, 0.6) is 5.75 Å². The first-order valence-corrected chi connectivity index (χ1v) is 9.35. The standard InChI is InChI=1S/C17H14BrClN2O2S/c1-2-7-23-14-6-3-10(18)8-12(14)16(22)21-17-20-13-5-4-11(19)9-15(13)24-17/h3-6,8-9H,2,7H2,1H3,(H,20,21,22). The summed E-state index contributed by atoms with van der Waals surface area (Å²) < 4.78 is 7.40. The molecule has 0 aliphatic heterocycles. The molecule has 24 heavy (non-hydrogen) atoms. The monoisotopic (exact) mass is 424 g/mol. The fourth-order valence-corrected chi connectivity index (χ4v) is 3.63. The Morgan fingerprint density at radius 2 is 2.17 bits per heavy atom. The Morgan fingerprint density at radius 3 is 2.96 bits per heavy atom. The topological polar surface area (TPSA) is 51.2 Å². The van der Waals surface area contributed by atoms with Crippen molar-refractivity contribution in [3.05, 3.63) is 51.5 Å². The van der Waals surface area contributed by atoms with E-state index >= 15 is 0 Å². The molecule has 0 aliphatic carbocycles. The van der Waals surface area contributed by atoms with Crippen molar-refractivity contribution < 1.29 is 9.53 Å². The van der Waals surface area contributed by atoms with Crippen LogP contribution in [0.3, 0.4) is 0 Å². The number of nitrogens with zero attached hydrogens (tertiary/aromatic N) is 1. The number of anilines is 1. The number of hydrogen-bond donors (Lipinski definition) is 1. The van der Waals surface area contributed by atoms with Gasteiger partial charge in [-0.3, -0.25) is 10.1 Å². The normalized spacial score (nSPS) is 10.8. The molecule has 0 spiro atoms. The van der Waals surface area contributed by atoms with Crippen molar-refractivity contribution in [2.24, 2.45) is 0 Å². The van der Waals surface area contributed by atoms with Crippen LogP contribution in [0.25, 0.3) is 10.2 Å². The summed E-state index contributed by atoms with van der Waals surface area (Å²) in [6.07, 6.45) is 0.871. The Hall–Kier alpha value is -1.63. The van der Waals surface area contributed by atoms with E-state index in [1.165, 1.54) is 11.3 Å². The van der Waals surface area contributed by atoms with Gasteiger partial charge in [0.15, 0.2) is 5.13 Å². The quantitative estimate of drug-likeness (QED) is 0.566. The van der Waals surface area contributed by atoms with Crippen LogP contribution < -0.4 is 10.1 Å². The molecule has 7 heteroatoms. The minimum atomic E-state index is -0.257. The number of amides is 1. The second-order valence-electron chi connectivity index (χ2n) is 5.07. The second-order valence-corrected chi connectivity index (χ2v) is 7.46. The third kappa shape index (κ3) is 3.88. The average Bonchev–Trinajstić information content (AvgIpc) is 2.94. The molecule has 124 valence electrons. The summed E-state index contributed by atoms with van der Waals surface area (Å²) in [6, 6.07) is 10.8. The number of aromatic nitrogens is 1. The number of carbonyl (C=O) groups excluding carboxylic acids is 1. The summed E-state index contributed by atoms with van der Waals surface area (Å²) in [5.74, 6) is 0.300. The lowest BCUT2D eigenvalue weighted by molar-refractivity contribution is 0.102. The van der Waals surface area contributed by atoms with Gasteiger partial charge in [0, 0.05) is 9.50 Å². The molecule has 0 aliphatic rings. The molecule has 0 bridgehead atoms. The highest BCUT2D eigenvalue weighted by atomic mass is 79.9. The number of rotatable bonds is 5. The maximum absolute atomic E-state index is 12.6. The zero-order valence-electron chi connectivity index (χ0n) is 12.8. The van der Waals surface area contributed by atoms with Crippen LogP contribution in [-0.2, 0) is 0 Å². The van der Waals surface area contributed by atoms with Crippen LogP contribution >= 0.6 is 38.9 Å². The summed E-state index contributed by atoms with van der Waals surface area (Å²) in [4.78, 5) is 17.0. The molecule has 0 atom stereocenters. The van der Waals surface area contributed by atoms with Gasteiger partial charge in [0.2, 0.25) is 0 Å². The largest absolute Gasteiger partial charge is 0.493 e. The maximum Gasteiger partial charge on any atom is 0.261 e. The van der Waals surface area contributed by atoms with Gasteiger partial charge in [0.25, 0.3) is 5.91 Å². The van der Waals surface area contributed by atoms with Gasteiger partial charge in [-0.1, -0.05) is 45.8 Å². The van der Waals surface area contributed by atoms with Crippen LogP contribution in [0, 0.1) is 0 Å². The molecule has 0 unspecified atom stereocenters. The smallest absolute Gasteiger partial charge is 0.261 e. The predicted octanol–water partition coefficient (Wildman–Crippen LogP) is 5.75. The van der Waals surface area contributed by atoms with Crippen molar-refractivity contribution in [3.63, 3.8) is 0 Å². The van der Waals surface area contributed by atoms with Crippen LogP contribution in [0.1, 0.15) is 23.7 Å². The molecule has 0 radical (unpaired) electrons. The highest BCUT2D eigenvalue weighted by Crippen LogP contribution is 2.30. The Morgan fingerprint density at radius 1 is 1.33 bits per heavy atom. The zero-order chi connectivity index (χ0) is 17.1. The molecule has 0 saturated heterocycles. The minimum Gasteiger partial charge on any atom is -0.493 e. The number of carbonyl (C=O) groups is 1. The molecular weight excluding hydrogens is 412 g/mol. The number of halogens is 2. The second kappa shape index (κ2) is 7.51. The Kier molecular flexibility index (Phi) is 5.38. The summed E-state index contributed by atoms with van der Waals surface area (Å²) in [5, 5.41) is 4.01. The number of benzene rings is 2. The van der Waals surface area contributed by atoms with Crippen LogP contribution in [0.2, 0.25) is 5.02 Å². The molecule has 1 amide bonds. The van der Waals surface area contributed by atoms with Crippen molar-refractivity contribution in [2.45, 2.75) is 13.3 Å². The third-order valence-electron chi connectivity index (χ3n) is 3.22. The van der Waals surface area contributed by atoms with E-state index in [1.807, 2.05) is 25.1 Å². The van der Waals surface area contributed by atoms with Crippen molar-refractivity contribution in [3.8, 4) is 5.75 Å². The molecule has 2 aromatic carbocycles. The molecule has 4 nitrogen and oxygen atoms in total. The fraction of sp³-hybridized carbons (Fsp3) is 0.176. The molecule has 1 N–H and O–H groups in total. The van der Waals surface area contributed by atoms with Gasteiger partial charge in [-0.05, 0) is 42.8 Å². The molecule has 1 aromatic heterocycles. The van der Waals surface area contributed by atoms with Gasteiger partial charge in [-0.25, -0.2) is 4.98 Å². The molecule has 1 heterocycles. The van der Waals surface area contributed by atoms with Gasteiger partial charge >= 0.3 is 0 Å². The van der Waals surface area contributed by atoms with Crippen molar-refractivity contribution in [2.75, 3.05) is 11.9 Å². The molecule has 0 saturated carbocycles. The SMILES string of the molecule is CCCOc1ccc(Br)cc1C(=O)Nc1nc2ccc(Cl)cc2s1. The lowest BCUT2D eigenvalue weighted by Gasteiger charge is -2.10. The van der Waals surface area contributed by atoms with E-state index in [0.717, 1.165) is 21.1 Å². The van der Waals surface area contributed by atoms with Gasteiger partial charge in [-0.2, -0.15) is 0 Å². The number of hydrogen-bond acceptors (Lipinski definition) is 4. The maximum atomic E-state index is 12.6. The lowest BCUT2D eigenvalue weighted by atomic mass is 10.2. The van der Waals surface area contributed by atoms with Crippen molar-refractivity contribution in [1.82, 2.24) is 4.98 Å². The van der Waals surface area contributed by atoms with Crippen molar-refractivity contribution >= 4 is 60.1 Å². The minimum absolute atomic E-state index is 0.257. The Balaban J connectivity index is 1.86. The van der Waals surface area contributed by atoms with Gasteiger partial charge in [0.05, 0.1) is 22.4 Å². The molecule has 0 fully saturated rings. The van der Waals surface area contributed by atoms with E-state index in [0.29, 0.717) is 28.1 Å². The number of fused-ring (bicyclic) bond motifs is 1. The van der Waals surface area contributed by atoms with Gasteiger partial charge in [-0.15, -0.1) is 0 Å². The van der Waals surface area contributed by atoms with E-state index in [-0.39, 0.29) is 5.91 Å². The number of thiazole rings is 1. The highest BCUT2D eigenvalue weighted by molar-refractivity contribution is 9.10. The highest BCUT2D eigenvalue weighted by Gasteiger charge is 2.15. The molecule has 3 aromatic rings. The van der Waals surface area contributed by atoms with E-state index in [4.69, 9.17) is 16.3 Å². The average molecular weight is 426 g/mol. The van der Waals surface area contributed by atoms with Crippen LogP contribution in [-0.4, -0.2) is 17.5 Å². The van der Waals surface area contributed by atoms with Crippen molar-refractivity contribution in [1.29, 1.82) is 0 Å². The lowest BCUT2D eigenvalue weighted by Crippen LogP contribution is -2.13. The van der Waals surface area contributed by atoms with Gasteiger partial charge in [0.1, 0.15) is 5.75 Å². The van der Waals surface area contributed by atoms with Gasteiger partial charge < -0.3 is 4.74 Å². The fourth-order valence-electron chi connectivity index (χ4n) is 2.13. The predicted molar refractivity (Wildman–Crippen MR) is 103 cm³/mol. The third-order valence-corrected chi connectivity index (χ3v) is 4.88. The Labute approximate surface area is 156 Å². The molecular formula is C17H14BrClN2O2S. The summed E-state index contributed by atoms with van der Waals surface area (Å²) >= 11 is 10.8. The Bertz CT molecular complexity index is 897.